The van der Waals surface area contributed by atoms with Crippen LogP contribution in [-0.4, -0.2) is 9.78 Å². The fourth-order valence-corrected chi connectivity index (χ4v) is 2.38. The van der Waals surface area contributed by atoms with Crippen molar-refractivity contribution >= 4 is 31.9 Å². The number of ether oxygens (including phenoxy) is 1. The normalized spacial score (nSPS) is 10.9. The summed E-state index contributed by atoms with van der Waals surface area (Å²) in [5.41, 5.74) is 1.10. The van der Waals surface area contributed by atoms with Gasteiger partial charge in [0.05, 0.1) is 12.4 Å². The monoisotopic (exact) mass is 372 g/mol. The summed E-state index contributed by atoms with van der Waals surface area (Å²) in [5, 5.41) is 5.01. The second-order valence-corrected chi connectivity index (χ2v) is 5.71. The first-order chi connectivity index (χ1) is 8.60. The minimum Gasteiger partial charge on any atom is -0.454 e. The number of benzene rings is 1. The van der Waals surface area contributed by atoms with Crippen LogP contribution in [0, 0.1) is 0 Å². The van der Waals surface area contributed by atoms with Crippen LogP contribution in [0.4, 0.5) is 0 Å². The molecule has 0 N–H and O–H groups in total. The van der Waals surface area contributed by atoms with Crippen molar-refractivity contribution in [1.82, 2.24) is 9.78 Å². The molecule has 0 saturated carbocycles. The van der Waals surface area contributed by atoms with Crippen LogP contribution in [0.3, 0.4) is 0 Å². The summed E-state index contributed by atoms with van der Waals surface area (Å²) in [7, 11) is 0. The van der Waals surface area contributed by atoms with E-state index in [1.165, 1.54) is 0 Å². The van der Waals surface area contributed by atoms with Crippen molar-refractivity contribution in [2.75, 3.05) is 0 Å². The molecule has 0 saturated heterocycles. The fraction of sp³-hybridized carbons (Fsp3) is 0.308. The van der Waals surface area contributed by atoms with Crippen LogP contribution < -0.4 is 4.74 Å². The molecule has 0 radical (unpaired) electrons. The number of nitrogens with zero attached hydrogens (tertiary/aromatic N) is 2. The zero-order valence-electron chi connectivity index (χ0n) is 10.2. The van der Waals surface area contributed by atoms with Crippen molar-refractivity contribution in [3.63, 3.8) is 0 Å². The molecule has 2 rings (SSSR count). The Morgan fingerprint density at radius 2 is 2.17 bits per heavy atom. The Morgan fingerprint density at radius 3 is 2.78 bits per heavy atom. The quantitative estimate of drug-likeness (QED) is 0.711. The summed E-state index contributed by atoms with van der Waals surface area (Å²) in [6.45, 7) is 4.17. The average molecular weight is 374 g/mol. The summed E-state index contributed by atoms with van der Waals surface area (Å²) in [5.74, 6) is 1.60. The summed E-state index contributed by atoms with van der Waals surface area (Å²) in [6, 6.07) is 6.29. The minimum absolute atomic E-state index is 0.336. The molecule has 0 aliphatic rings. The lowest BCUT2D eigenvalue weighted by atomic mass is 10.2. The fourth-order valence-electron chi connectivity index (χ4n) is 1.53. The smallest absolute Gasteiger partial charge is 0.165 e. The Morgan fingerprint density at radius 1 is 1.39 bits per heavy atom. The van der Waals surface area contributed by atoms with Gasteiger partial charge in [0, 0.05) is 21.4 Å². The van der Waals surface area contributed by atoms with E-state index in [2.05, 4.69) is 50.8 Å². The van der Waals surface area contributed by atoms with E-state index >= 15 is 0 Å². The van der Waals surface area contributed by atoms with Gasteiger partial charge in [-0.25, -0.2) is 0 Å². The molecule has 0 aliphatic heterocycles. The van der Waals surface area contributed by atoms with E-state index in [4.69, 9.17) is 4.74 Å². The molecule has 0 spiro atoms. The van der Waals surface area contributed by atoms with Crippen molar-refractivity contribution in [1.29, 1.82) is 0 Å². The van der Waals surface area contributed by atoms with Crippen molar-refractivity contribution in [3.05, 3.63) is 40.6 Å². The molecule has 0 atom stereocenters. The van der Waals surface area contributed by atoms with Crippen LogP contribution in [0.5, 0.6) is 11.5 Å². The maximum Gasteiger partial charge on any atom is 0.165 e. The number of rotatable bonds is 4. The summed E-state index contributed by atoms with van der Waals surface area (Å²) in [6.07, 6.45) is 3.64. The number of hydrogen-bond donors (Lipinski definition) is 0. The van der Waals surface area contributed by atoms with Gasteiger partial charge in [-0.05, 0) is 32.0 Å². The highest BCUT2D eigenvalue weighted by Gasteiger charge is 2.07. The van der Waals surface area contributed by atoms with Crippen LogP contribution in [0.2, 0.25) is 0 Å². The van der Waals surface area contributed by atoms with Crippen LogP contribution >= 0.6 is 31.9 Å². The lowest BCUT2D eigenvalue weighted by molar-refractivity contribution is 0.473. The van der Waals surface area contributed by atoms with E-state index in [-0.39, 0.29) is 0 Å². The van der Waals surface area contributed by atoms with Crippen molar-refractivity contribution in [2.45, 2.75) is 25.2 Å². The molecular formula is C13H14Br2N2O. The van der Waals surface area contributed by atoms with Crippen LogP contribution in [-0.2, 0) is 5.33 Å². The molecule has 18 heavy (non-hydrogen) atoms. The molecule has 3 nitrogen and oxygen atoms in total. The lowest BCUT2D eigenvalue weighted by Gasteiger charge is -2.08. The average Bonchev–Trinajstić information content (AvgIpc) is 2.80. The van der Waals surface area contributed by atoms with E-state index in [0.29, 0.717) is 6.04 Å². The van der Waals surface area contributed by atoms with Gasteiger partial charge in [-0.2, -0.15) is 5.10 Å². The predicted octanol–water partition coefficient (Wildman–Crippen LogP) is 4.91. The van der Waals surface area contributed by atoms with Gasteiger partial charge in [0.15, 0.2) is 5.75 Å². The summed E-state index contributed by atoms with van der Waals surface area (Å²) in [4.78, 5) is 0. The SMILES string of the molecule is CC(C)n1cc(Oc2ccc(Br)cc2CBr)cn1. The third kappa shape index (κ3) is 3.14. The maximum absolute atomic E-state index is 5.85. The minimum atomic E-state index is 0.336. The largest absolute Gasteiger partial charge is 0.454 e. The Bertz CT molecular complexity index is 538. The Balaban J connectivity index is 2.22. The van der Waals surface area contributed by atoms with E-state index in [1.807, 2.05) is 29.1 Å². The first-order valence-electron chi connectivity index (χ1n) is 5.66. The molecule has 2 aromatic rings. The third-order valence-corrected chi connectivity index (χ3v) is 3.60. The van der Waals surface area contributed by atoms with Crippen LogP contribution in [0.15, 0.2) is 35.1 Å². The van der Waals surface area contributed by atoms with E-state index in [1.54, 1.807) is 6.20 Å². The Hall–Kier alpha value is -0.810. The topological polar surface area (TPSA) is 27.1 Å². The lowest BCUT2D eigenvalue weighted by Crippen LogP contribution is -1.99. The van der Waals surface area contributed by atoms with Crippen molar-refractivity contribution in [3.8, 4) is 11.5 Å². The van der Waals surface area contributed by atoms with E-state index in [9.17, 15) is 0 Å². The number of alkyl halides is 1. The molecule has 1 aromatic carbocycles. The standard InChI is InChI=1S/C13H14Br2N2O/c1-9(2)17-8-12(7-16-17)18-13-4-3-11(15)5-10(13)6-14/h3-5,7-9H,6H2,1-2H3. The van der Waals surface area contributed by atoms with Crippen molar-refractivity contribution in [2.24, 2.45) is 0 Å². The third-order valence-electron chi connectivity index (χ3n) is 2.50. The van der Waals surface area contributed by atoms with E-state index in [0.717, 1.165) is 26.9 Å². The van der Waals surface area contributed by atoms with Crippen molar-refractivity contribution < 1.29 is 4.74 Å². The molecule has 1 aromatic heterocycles. The highest BCUT2D eigenvalue weighted by atomic mass is 79.9. The molecular weight excluding hydrogens is 360 g/mol. The molecule has 96 valence electrons. The number of halogens is 2. The zero-order valence-corrected chi connectivity index (χ0v) is 13.4. The van der Waals surface area contributed by atoms with Gasteiger partial charge in [-0.15, -0.1) is 0 Å². The Labute approximate surface area is 123 Å². The van der Waals surface area contributed by atoms with Gasteiger partial charge in [0.2, 0.25) is 0 Å². The Kier molecular flexibility index (Phi) is 4.45. The first-order valence-corrected chi connectivity index (χ1v) is 7.58. The van der Waals surface area contributed by atoms with E-state index < -0.39 is 0 Å². The predicted molar refractivity (Wildman–Crippen MR) is 79.5 cm³/mol. The number of aromatic nitrogens is 2. The summed E-state index contributed by atoms with van der Waals surface area (Å²) < 4.78 is 8.77. The van der Waals surface area contributed by atoms with Gasteiger partial charge in [-0.3, -0.25) is 4.68 Å². The molecule has 0 fully saturated rings. The maximum atomic E-state index is 5.85. The molecule has 0 aliphatic carbocycles. The molecule has 0 unspecified atom stereocenters. The molecule has 5 heteroatoms. The van der Waals surface area contributed by atoms with Crippen LogP contribution in [0.1, 0.15) is 25.5 Å². The zero-order chi connectivity index (χ0) is 13.1. The summed E-state index contributed by atoms with van der Waals surface area (Å²) >= 11 is 6.92. The number of hydrogen-bond acceptors (Lipinski definition) is 2. The van der Waals surface area contributed by atoms with Gasteiger partial charge in [0.1, 0.15) is 5.75 Å². The van der Waals surface area contributed by atoms with Gasteiger partial charge in [0.25, 0.3) is 0 Å². The second kappa shape index (κ2) is 5.89. The van der Waals surface area contributed by atoms with Gasteiger partial charge in [-0.1, -0.05) is 31.9 Å². The molecule has 1 heterocycles. The second-order valence-electron chi connectivity index (χ2n) is 4.24. The van der Waals surface area contributed by atoms with Gasteiger partial charge < -0.3 is 4.74 Å². The van der Waals surface area contributed by atoms with Gasteiger partial charge >= 0.3 is 0 Å². The molecule has 0 amide bonds. The van der Waals surface area contributed by atoms with Crippen LogP contribution in [0.25, 0.3) is 0 Å². The first kappa shape index (κ1) is 13.6. The highest BCUT2D eigenvalue weighted by Crippen LogP contribution is 2.29. The molecule has 0 bridgehead atoms. The highest BCUT2D eigenvalue weighted by molar-refractivity contribution is 9.10.